The van der Waals surface area contributed by atoms with Crippen LogP contribution < -0.4 is 10.1 Å². The lowest BCUT2D eigenvalue weighted by atomic mass is 9.95. The van der Waals surface area contributed by atoms with E-state index >= 15 is 0 Å². The van der Waals surface area contributed by atoms with Crippen LogP contribution in [0.4, 0.5) is 5.69 Å². The van der Waals surface area contributed by atoms with E-state index < -0.39 is 37.1 Å². The Morgan fingerprint density at radius 1 is 1.05 bits per heavy atom. The third kappa shape index (κ3) is 3.63. The molecule has 0 aromatic heterocycles. The fraction of sp³-hybridized carbons (Fsp3) is 0.571. The molecular weight excluding hydrogens is 278 g/mol. The van der Waals surface area contributed by atoms with E-state index in [1.54, 1.807) is 19.2 Å². The van der Waals surface area contributed by atoms with Crippen molar-refractivity contribution in [2.75, 3.05) is 25.6 Å². The Balaban J connectivity index is 1.94. The van der Waals surface area contributed by atoms with Gasteiger partial charge in [-0.1, -0.05) is 0 Å². The van der Waals surface area contributed by atoms with Crippen molar-refractivity contribution < 1.29 is 29.9 Å². The molecule has 1 fully saturated rings. The van der Waals surface area contributed by atoms with Crippen LogP contribution in [0.5, 0.6) is 5.75 Å². The number of nitrogens with one attached hydrogen (secondary N) is 1. The molecule has 0 radical (unpaired) electrons. The average molecular weight is 299 g/mol. The van der Waals surface area contributed by atoms with E-state index in [1.807, 2.05) is 12.1 Å². The zero-order valence-electron chi connectivity index (χ0n) is 11.7. The molecule has 0 bridgehead atoms. The summed E-state index contributed by atoms with van der Waals surface area (Å²) in [6.07, 6.45) is -5.52. The molecule has 1 unspecified atom stereocenters. The monoisotopic (exact) mass is 299 g/mol. The number of hydrogen-bond donors (Lipinski definition) is 5. The summed E-state index contributed by atoms with van der Waals surface area (Å²) in [4.78, 5) is 0. The van der Waals surface area contributed by atoms with Gasteiger partial charge in [-0.2, -0.15) is 0 Å². The molecule has 0 aliphatic carbocycles. The summed E-state index contributed by atoms with van der Waals surface area (Å²) in [6, 6.07) is 7.19. The van der Waals surface area contributed by atoms with Crippen LogP contribution >= 0.6 is 0 Å². The van der Waals surface area contributed by atoms with Gasteiger partial charge < -0.3 is 35.2 Å². The van der Waals surface area contributed by atoms with E-state index in [0.29, 0.717) is 0 Å². The maximum Gasteiger partial charge on any atom is 0.119 e. The average Bonchev–Trinajstić information content (AvgIpc) is 2.52. The molecule has 1 aliphatic rings. The lowest BCUT2D eigenvalue weighted by molar-refractivity contribution is -0.225. The zero-order valence-corrected chi connectivity index (χ0v) is 11.7. The van der Waals surface area contributed by atoms with Crippen LogP contribution in [0.15, 0.2) is 24.3 Å². The topological polar surface area (TPSA) is 111 Å². The highest BCUT2D eigenvalue weighted by atomic mass is 16.5. The molecule has 1 saturated heterocycles. The van der Waals surface area contributed by atoms with Crippen LogP contribution in [0.25, 0.3) is 0 Å². The van der Waals surface area contributed by atoms with E-state index in [9.17, 15) is 15.3 Å². The smallest absolute Gasteiger partial charge is 0.119 e. The highest BCUT2D eigenvalue weighted by Gasteiger charge is 2.43. The maximum absolute atomic E-state index is 9.90. The SMILES string of the molecule is COc1ccc(NCC2O[C@H](CO)[C@@H](O)[C@H](O)[C@H]2O)cc1. The van der Waals surface area contributed by atoms with Gasteiger partial charge in [-0.05, 0) is 24.3 Å². The minimum Gasteiger partial charge on any atom is -0.497 e. The number of aliphatic hydroxyl groups is 4. The number of ether oxygens (including phenoxy) is 2. The van der Waals surface area contributed by atoms with Crippen molar-refractivity contribution in [3.05, 3.63) is 24.3 Å². The third-order valence-corrected chi connectivity index (χ3v) is 3.59. The van der Waals surface area contributed by atoms with Crippen LogP contribution in [-0.4, -0.2) is 71.2 Å². The summed E-state index contributed by atoms with van der Waals surface area (Å²) in [7, 11) is 1.58. The summed E-state index contributed by atoms with van der Waals surface area (Å²) in [5, 5.41) is 41.5. The molecule has 1 aromatic carbocycles. The van der Waals surface area contributed by atoms with Crippen LogP contribution in [0.2, 0.25) is 0 Å². The number of aliphatic hydroxyl groups excluding tert-OH is 4. The lowest BCUT2D eigenvalue weighted by Gasteiger charge is -2.40. The molecule has 21 heavy (non-hydrogen) atoms. The molecule has 7 nitrogen and oxygen atoms in total. The molecule has 2 rings (SSSR count). The second-order valence-electron chi connectivity index (χ2n) is 4.98. The van der Waals surface area contributed by atoms with Crippen LogP contribution in [0, 0.1) is 0 Å². The quantitative estimate of drug-likeness (QED) is 0.472. The zero-order chi connectivity index (χ0) is 15.4. The van der Waals surface area contributed by atoms with Gasteiger partial charge >= 0.3 is 0 Å². The minimum atomic E-state index is -1.35. The van der Waals surface area contributed by atoms with Crippen molar-refractivity contribution in [1.29, 1.82) is 0 Å². The van der Waals surface area contributed by atoms with Crippen molar-refractivity contribution >= 4 is 5.69 Å². The predicted molar refractivity (Wildman–Crippen MR) is 75.3 cm³/mol. The molecule has 0 amide bonds. The number of hydrogen-bond acceptors (Lipinski definition) is 7. The van der Waals surface area contributed by atoms with E-state index in [0.717, 1.165) is 11.4 Å². The summed E-state index contributed by atoms with van der Waals surface area (Å²) < 4.78 is 10.5. The van der Waals surface area contributed by atoms with Gasteiger partial charge in [-0.3, -0.25) is 0 Å². The van der Waals surface area contributed by atoms with E-state index in [-0.39, 0.29) is 6.54 Å². The fourth-order valence-corrected chi connectivity index (χ4v) is 2.27. The van der Waals surface area contributed by atoms with Gasteiger partial charge in [0, 0.05) is 12.2 Å². The first-order valence-electron chi connectivity index (χ1n) is 6.75. The Bertz CT molecular complexity index is 438. The molecule has 0 saturated carbocycles. The normalized spacial score (nSPS) is 32.7. The summed E-state index contributed by atoms with van der Waals surface area (Å²) in [5.41, 5.74) is 0.799. The maximum atomic E-state index is 9.90. The lowest BCUT2D eigenvalue weighted by Crippen LogP contribution is -2.60. The van der Waals surface area contributed by atoms with Gasteiger partial charge in [0.2, 0.25) is 0 Å². The Morgan fingerprint density at radius 3 is 2.24 bits per heavy atom. The molecule has 7 heteroatoms. The molecule has 1 aromatic rings. The van der Waals surface area contributed by atoms with Gasteiger partial charge in [-0.25, -0.2) is 0 Å². The minimum absolute atomic E-state index is 0.230. The van der Waals surface area contributed by atoms with Crippen LogP contribution in [0.1, 0.15) is 0 Å². The highest BCUT2D eigenvalue weighted by Crippen LogP contribution is 2.22. The molecule has 5 N–H and O–H groups in total. The van der Waals surface area contributed by atoms with E-state index in [2.05, 4.69) is 5.32 Å². The first-order chi connectivity index (χ1) is 10.1. The van der Waals surface area contributed by atoms with Crippen LogP contribution in [-0.2, 0) is 4.74 Å². The molecule has 1 heterocycles. The van der Waals surface area contributed by atoms with Crippen molar-refractivity contribution in [3.8, 4) is 5.75 Å². The second-order valence-corrected chi connectivity index (χ2v) is 4.98. The molecular formula is C14H21NO6. The van der Waals surface area contributed by atoms with Gasteiger partial charge in [0.15, 0.2) is 0 Å². The van der Waals surface area contributed by atoms with Crippen molar-refractivity contribution in [1.82, 2.24) is 0 Å². The summed E-state index contributed by atoms with van der Waals surface area (Å²) >= 11 is 0. The number of methoxy groups -OCH3 is 1. The predicted octanol–water partition coefficient (Wildman–Crippen LogP) is -1.05. The van der Waals surface area contributed by atoms with E-state index in [4.69, 9.17) is 14.6 Å². The van der Waals surface area contributed by atoms with Gasteiger partial charge in [0.05, 0.1) is 13.7 Å². The van der Waals surface area contributed by atoms with E-state index in [1.165, 1.54) is 0 Å². The highest BCUT2D eigenvalue weighted by molar-refractivity contribution is 5.46. The first kappa shape index (κ1) is 16.0. The summed E-state index contributed by atoms with van der Waals surface area (Å²) in [5.74, 6) is 0.730. The molecule has 0 spiro atoms. The van der Waals surface area contributed by atoms with Gasteiger partial charge in [-0.15, -0.1) is 0 Å². The number of benzene rings is 1. The summed E-state index contributed by atoms with van der Waals surface area (Å²) in [6.45, 7) is -0.197. The van der Waals surface area contributed by atoms with Crippen LogP contribution in [0.3, 0.4) is 0 Å². The number of rotatable bonds is 5. The van der Waals surface area contributed by atoms with Gasteiger partial charge in [0.1, 0.15) is 36.3 Å². The first-order valence-corrected chi connectivity index (χ1v) is 6.75. The third-order valence-electron chi connectivity index (χ3n) is 3.59. The largest absolute Gasteiger partial charge is 0.497 e. The number of anilines is 1. The Morgan fingerprint density at radius 2 is 1.67 bits per heavy atom. The molecule has 118 valence electrons. The Kier molecular flexibility index (Phi) is 5.38. The standard InChI is InChI=1S/C14H21NO6/c1-20-9-4-2-8(3-5-9)15-6-10-12(17)14(19)13(18)11(7-16)21-10/h2-5,10-19H,6-7H2,1H3/t10?,11-,12+,13-,14-/m1/s1. The van der Waals surface area contributed by atoms with Crippen molar-refractivity contribution in [2.45, 2.75) is 30.5 Å². The molecule has 1 aliphatic heterocycles. The van der Waals surface area contributed by atoms with Crippen molar-refractivity contribution in [2.24, 2.45) is 0 Å². The van der Waals surface area contributed by atoms with Gasteiger partial charge in [0.25, 0.3) is 0 Å². The Labute approximate surface area is 122 Å². The fourth-order valence-electron chi connectivity index (χ4n) is 2.27. The Hall–Kier alpha value is -1.38. The van der Waals surface area contributed by atoms with Crippen molar-refractivity contribution in [3.63, 3.8) is 0 Å². The second kappa shape index (κ2) is 7.06. The molecule has 5 atom stereocenters.